The van der Waals surface area contributed by atoms with Crippen molar-refractivity contribution in [1.29, 1.82) is 0 Å². The molecule has 0 spiro atoms. The Morgan fingerprint density at radius 3 is 2.71 bits per heavy atom. The first-order valence-corrected chi connectivity index (χ1v) is 12.2. The van der Waals surface area contributed by atoms with Crippen molar-refractivity contribution < 1.29 is 23.9 Å². The van der Waals surface area contributed by atoms with Crippen LogP contribution >= 0.6 is 11.6 Å². The van der Waals surface area contributed by atoms with Gasteiger partial charge >= 0.3 is 0 Å². The predicted molar refractivity (Wildman–Crippen MR) is 133 cm³/mol. The number of anilines is 1. The van der Waals surface area contributed by atoms with Crippen LogP contribution in [0.1, 0.15) is 48.5 Å². The molecule has 9 heteroatoms. The van der Waals surface area contributed by atoms with Crippen LogP contribution in [-0.2, 0) is 20.9 Å². The number of carbonyl (C=O) groups excluding carboxylic acids is 3. The molecule has 0 saturated carbocycles. The highest BCUT2D eigenvalue weighted by Crippen LogP contribution is 2.32. The summed E-state index contributed by atoms with van der Waals surface area (Å²) >= 11 is 6.16. The van der Waals surface area contributed by atoms with Gasteiger partial charge in [0.25, 0.3) is 5.91 Å². The molecule has 0 bridgehead atoms. The largest absolute Gasteiger partial charge is 0.490 e. The number of hydrogen-bond acceptors (Lipinski definition) is 5. The van der Waals surface area contributed by atoms with E-state index in [0.717, 1.165) is 5.56 Å². The molecule has 2 aliphatic rings. The van der Waals surface area contributed by atoms with Gasteiger partial charge in [-0.15, -0.1) is 0 Å². The first kappa shape index (κ1) is 25.0. The van der Waals surface area contributed by atoms with Crippen molar-refractivity contribution in [3.05, 3.63) is 58.6 Å². The van der Waals surface area contributed by atoms with E-state index in [0.29, 0.717) is 47.8 Å². The number of nitrogens with zero attached hydrogens (tertiary/aromatic N) is 1. The molecular weight excluding hydrogens is 470 g/mol. The number of ether oxygens (including phenoxy) is 2. The summed E-state index contributed by atoms with van der Waals surface area (Å²) in [6, 6.07) is 12.3. The summed E-state index contributed by atoms with van der Waals surface area (Å²) in [6.07, 6.45) is 1.30. The summed E-state index contributed by atoms with van der Waals surface area (Å²) in [6.45, 7) is 2.38. The summed E-state index contributed by atoms with van der Waals surface area (Å²) < 4.78 is 12.2. The zero-order valence-corrected chi connectivity index (χ0v) is 20.6. The van der Waals surface area contributed by atoms with Crippen LogP contribution in [0.2, 0.25) is 5.02 Å². The van der Waals surface area contributed by atoms with Crippen molar-refractivity contribution in [3.63, 3.8) is 0 Å². The Kier molecular flexibility index (Phi) is 7.93. The van der Waals surface area contributed by atoms with Crippen molar-refractivity contribution in [3.8, 4) is 5.75 Å². The lowest BCUT2D eigenvalue weighted by atomic mass is 9.94. The molecule has 0 aliphatic carbocycles. The third-order valence-electron chi connectivity index (χ3n) is 6.46. The molecule has 186 valence electrons. The molecule has 2 N–H and O–H groups in total. The van der Waals surface area contributed by atoms with Crippen LogP contribution in [-0.4, -0.2) is 54.5 Å². The Labute approximate surface area is 209 Å². The van der Waals surface area contributed by atoms with E-state index in [1.54, 1.807) is 43.1 Å². The summed E-state index contributed by atoms with van der Waals surface area (Å²) in [5, 5.41) is 6.30. The molecule has 2 heterocycles. The van der Waals surface area contributed by atoms with E-state index < -0.39 is 0 Å². The zero-order chi connectivity index (χ0) is 24.9. The number of likely N-dealkylation sites (N-methyl/N-ethyl adjacent to an activating group) is 1. The van der Waals surface area contributed by atoms with Crippen molar-refractivity contribution in [2.24, 2.45) is 0 Å². The monoisotopic (exact) mass is 499 g/mol. The smallest absolute Gasteiger partial charge is 0.257 e. The lowest BCUT2D eigenvalue weighted by Gasteiger charge is -2.42. The van der Waals surface area contributed by atoms with E-state index in [1.807, 2.05) is 18.2 Å². The minimum absolute atomic E-state index is 0.114. The van der Waals surface area contributed by atoms with Gasteiger partial charge in [-0.05, 0) is 42.7 Å². The van der Waals surface area contributed by atoms with Crippen LogP contribution in [0.3, 0.4) is 0 Å². The van der Waals surface area contributed by atoms with E-state index in [2.05, 4.69) is 10.6 Å². The molecule has 0 radical (unpaired) electrons. The molecule has 3 amide bonds. The number of amides is 3. The minimum atomic E-state index is -0.355. The quantitative estimate of drug-likeness (QED) is 0.630. The highest BCUT2D eigenvalue weighted by Gasteiger charge is 2.39. The fourth-order valence-electron chi connectivity index (χ4n) is 4.47. The first-order valence-electron chi connectivity index (χ1n) is 11.8. The molecule has 0 unspecified atom stereocenters. The van der Waals surface area contributed by atoms with Crippen LogP contribution in [0, 0.1) is 0 Å². The first-order chi connectivity index (χ1) is 16.9. The third kappa shape index (κ3) is 5.94. The van der Waals surface area contributed by atoms with Gasteiger partial charge in [0.15, 0.2) is 0 Å². The van der Waals surface area contributed by atoms with Crippen LogP contribution in [0.5, 0.6) is 5.75 Å². The summed E-state index contributed by atoms with van der Waals surface area (Å²) in [4.78, 5) is 39.2. The van der Waals surface area contributed by atoms with Gasteiger partial charge in [0.1, 0.15) is 18.5 Å². The second-order valence-corrected chi connectivity index (χ2v) is 9.26. The van der Waals surface area contributed by atoms with E-state index in [9.17, 15) is 14.4 Å². The van der Waals surface area contributed by atoms with Crippen LogP contribution in [0.15, 0.2) is 42.5 Å². The van der Waals surface area contributed by atoms with Gasteiger partial charge in [-0.25, -0.2) is 0 Å². The summed E-state index contributed by atoms with van der Waals surface area (Å²) in [7, 11) is 1.76. The average Bonchev–Trinajstić information content (AvgIpc) is 2.86. The maximum absolute atomic E-state index is 13.3. The number of benzene rings is 2. The lowest BCUT2D eigenvalue weighted by molar-refractivity contribution is -0.134. The Hall–Kier alpha value is -3.10. The van der Waals surface area contributed by atoms with Gasteiger partial charge in [-0.2, -0.15) is 0 Å². The highest BCUT2D eigenvalue weighted by molar-refractivity contribution is 6.31. The summed E-state index contributed by atoms with van der Waals surface area (Å²) in [5.74, 6) is 0.0107. The van der Waals surface area contributed by atoms with Crippen molar-refractivity contribution >= 4 is 35.0 Å². The SMILES string of the molecule is CCC(=O)Nc1ccc2c(c1)C(=O)N(C)[C@H]1CC[C@H](CC(=O)NCc3ccccc3Cl)O[C@@H]1CO2. The predicted octanol–water partition coefficient (Wildman–Crippen LogP) is 3.78. The third-order valence-corrected chi connectivity index (χ3v) is 6.83. The topological polar surface area (TPSA) is 97.0 Å². The Morgan fingerprint density at radius 1 is 1.14 bits per heavy atom. The number of nitrogens with one attached hydrogen (secondary N) is 2. The molecule has 2 aromatic carbocycles. The maximum Gasteiger partial charge on any atom is 0.257 e. The van der Waals surface area contributed by atoms with Gasteiger partial charge in [-0.3, -0.25) is 14.4 Å². The fourth-order valence-corrected chi connectivity index (χ4v) is 4.67. The van der Waals surface area contributed by atoms with Gasteiger partial charge < -0.3 is 25.0 Å². The molecule has 3 atom stereocenters. The number of fused-ring (bicyclic) bond motifs is 2. The van der Waals surface area contributed by atoms with Crippen LogP contribution < -0.4 is 15.4 Å². The van der Waals surface area contributed by atoms with Crippen molar-refractivity contribution in [2.75, 3.05) is 19.0 Å². The number of rotatable bonds is 6. The minimum Gasteiger partial charge on any atom is -0.490 e. The molecule has 2 aliphatic heterocycles. The van der Waals surface area contributed by atoms with Gasteiger partial charge in [0.05, 0.1) is 24.1 Å². The Morgan fingerprint density at radius 2 is 1.94 bits per heavy atom. The van der Waals surface area contributed by atoms with Gasteiger partial charge in [0, 0.05) is 30.7 Å². The normalized spacial score (nSPS) is 21.6. The van der Waals surface area contributed by atoms with E-state index in [4.69, 9.17) is 21.1 Å². The van der Waals surface area contributed by atoms with E-state index >= 15 is 0 Å². The molecule has 2 aromatic rings. The summed E-state index contributed by atoms with van der Waals surface area (Å²) in [5.41, 5.74) is 1.82. The van der Waals surface area contributed by atoms with Crippen LogP contribution in [0.4, 0.5) is 5.69 Å². The molecule has 8 nitrogen and oxygen atoms in total. The standard InChI is InChI=1S/C26H30ClN3O5/c1-3-24(31)29-17-8-11-22-19(12-17)26(33)30(2)21-10-9-18(35-23(21)15-34-22)13-25(32)28-14-16-6-4-5-7-20(16)27/h4-8,11-12,18,21,23H,3,9-10,13-15H2,1-2H3,(H,28,32)(H,29,31)/t18-,21+,23-/m1/s1. The second-order valence-electron chi connectivity index (χ2n) is 8.85. The van der Waals surface area contributed by atoms with Crippen molar-refractivity contribution in [1.82, 2.24) is 10.2 Å². The Bertz CT molecular complexity index is 1110. The molecule has 0 aromatic heterocycles. The maximum atomic E-state index is 13.3. The molecular formula is C26H30ClN3O5. The van der Waals surface area contributed by atoms with Gasteiger partial charge in [-0.1, -0.05) is 36.7 Å². The molecule has 35 heavy (non-hydrogen) atoms. The number of halogens is 1. The van der Waals surface area contributed by atoms with Crippen LogP contribution in [0.25, 0.3) is 0 Å². The zero-order valence-electron chi connectivity index (χ0n) is 19.9. The molecule has 4 rings (SSSR count). The fraction of sp³-hybridized carbons (Fsp3) is 0.423. The highest BCUT2D eigenvalue weighted by atomic mass is 35.5. The average molecular weight is 500 g/mol. The molecule has 1 saturated heterocycles. The Balaban J connectivity index is 1.39. The second kappa shape index (κ2) is 11.1. The number of carbonyl (C=O) groups is 3. The number of hydrogen-bond donors (Lipinski definition) is 2. The lowest BCUT2D eigenvalue weighted by Crippen LogP contribution is -2.53. The molecule has 1 fully saturated rings. The van der Waals surface area contributed by atoms with E-state index in [1.165, 1.54) is 0 Å². The van der Waals surface area contributed by atoms with Gasteiger partial charge in [0.2, 0.25) is 11.8 Å². The van der Waals surface area contributed by atoms with Crippen molar-refractivity contribution in [2.45, 2.75) is 57.4 Å². The van der Waals surface area contributed by atoms with E-state index in [-0.39, 0.29) is 49.0 Å².